The van der Waals surface area contributed by atoms with Crippen molar-refractivity contribution in [2.24, 2.45) is 4.99 Å². The summed E-state index contributed by atoms with van der Waals surface area (Å²) < 4.78 is 0. The van der Waals surface area contributed by atoms with Gasteiger partial charge in [0.05, 0.1) is 0 Å². The molecular formula is C7H11N. The summed E-state index contributed by atoms with van der Waals surface area (Å²) in [5.74, 6) is 0. The van der Waals surface area contributed by atoms with E-state index in [9.17, 15) is 0 Å². The normalized spacial score (nSPS) is 9.62. The van der Waals surface area contributed by atoms with E-state index in [0.29, 0.717) is 0 Å². The maximum atomic E-state index is 3.79. The van der Waals surface area contributed by atoms with Crippen LogP contribution in [-0.2, 0) is 0 Å². The largest absolute Gasteiger partial charge is 0.301 e. The Morgan fingerprint density at radius 3 is 2.75 bits per heavy atom. The molecule has 0 aliphatic carbocycles. The SMILES string of the molecule is C=CC(=C)CC=NC. The first-order chi connectivity index (χ1) is 3.81. The lowest BCUT2D eigenvalue weighted by Crippen LogP contribution is -1.75. The van der Waals surface area contributed by atoms with Crippen molar-refractivity contribution in [1.82, 2.24) is 0 Å². The van der Waals surface area contributed by atoms with Crippen molar-refractivity contribution in [3.63, 3.8) is 0 Å². The van der Waals surface area contributed by atoms with Crippen molar-refractivity contribution in [3.8, 4) is 0 Å². The number of aliphatic imine (C=N–C) groups is 1. The highest BCUT2D eigenvalue weighted by molar-refractivity contribution is 5.61. The van der Waals surface area contributed by atoms with Crippen molar-refractivity contribution < 1.29 is 0 Å². The van der Waals surface area contributed by atoms with Crippen LogP contribution in [0.4, 0.5) is 0 Å². The van der Waals surface area contributed by atoms with Gasteiger partial charge in [0.1, 0.15) is 0 Å². The molecule has 0 radical (unpaired) electrons. The second kappa shape index (κ2) is 4.31. The predicted molar refractivity (Wildman–Crippen MR) is 38.4 cm³/mol. The zero-order valence-electron chi connectivity index (χ0n) is 5.22. The maximum absolute atomic E-state index is 3.79. The molecule has 0 aromatic heterocycles. The van der Waals surface area contributed by atoms with Crippen LogP contribution in [0.1, 0.15) is 6.42 Å². The Kier molecular flexibility index (Phi) is 3.85. The molecule has 0 atom stereocenters. The third-order valence-corrected chi connectivity index (χ3v) is 0.825. The van der Waals surface area contributed by atoms with Gasteiger partial charge in [0.2, 0.25) is 0 Å². The first-order valence-electron chi connectivity index (χ1n) is 2.52. The molecule has 0 rings (SSSR count). The lowest BCUT2D eigenvalue weighted by atomic mass is 10.2. The highest BCUT2D eigenvalue weighted by atomic mass is 14.6. The van der Waals surface area contributed by atoms with Crippen molar-refractivity contribution in [2.75, 3.05) is 7.05 Å². The predicted octanol–water partition coefficient (Wildman–Crippen LogP) is 1.82. The van der Waals surface area contributed by atoms with E-state index in [4.69, 9.17) is 0 Å². The number of rotatable bonds is 3. The van der Waals surface area contributed by atoms with E-state index in [1.54, 1.807) is 13.1 Å². The molecule has 0 saturated heterocycles. The van der Waals surface area contributed by atoms with Gasteiger partial charge >= 0.3 is 0 Å². The average molecular weight is 109 g/mol. The smallest absolute Gasteiger partial charge is 0.0273 e. The minimum atomic E-state index is 0.819. The Bertz CT molecular complexity index is 112. The molecule has 0 unspecified atom stereocenters. The molecule has 0 spiro atoms. The Labute approximate surface area is 50.4 Å². The molecule has 0 aliphatic heterocycles. The molecule has 0 heterocycles. The summed E-state index contributed by atoms with van der Waals surface area (Å²) in [5, 5.41) is 0. The fourth-order valence-electron chi connectivity index (χ4n) is 0.292. The lowest BCUT2D eigenvalue weighted by Gasteiger charge is -1.86. The number of nitrogens with zero attached hydrogens (tertiary/aromatic N) is 1. The van der Waals surface area contributed by atoms with Crippen LogP contribution < -0.4 is 0 Å². The summed E-state index contributed by atoms with van der Waals surface area (Å²) in [6.07, 6.45) is 4.37. The van der Waals surface area contributed by atoms with Crippen molar-refractivity contribution >= 4 is 6.21 Å². The third kappa shape index (κ3) is 3.34. The number of hydrogen-bond acceptors (Lipinski definition) is 1. The third-order valence-electron chi connectivity index (χ3n) is 0.825. The molecule has 1 nitrogen and oxygen atoms in total. The zero-order valence-corrected chi connectivity index (χ0v) is 5.22. The quantitative estimate of drug-likeness (QED) is 0.387. The van der Waals surface area contributed by atoms with E-state index >= 15 is 0 Å². The van der Waals surface area contributed by atoms with Crippen molar-refractivity contribution in [2.45, 2.75) is 6.42 Å². The van der Waals surface area contributed by atoms with Crippen LogP contribution in [0.15, 0.2) is 29.8 Å². The summed E-state index contributed by atoms with van der Waals surface area (Å²) in [7, 11) is 1.75. The topological polar surface area (TPSA) is 12.4 Å². The fraction of sp³-hybridized carbons (Fsp3) is 0.286. The van der Waals surface area contributed by atoms with Crippen molar-refractivity contribution in [3.05, 3.63) is 24.8 Å². The van der Waals surface area contributed by atoms with Crippen LogP contribution in [0.3, 0.4) is 0 Å². The van der Waals surface area contributed by atoms with E-state index in [1.165, 1.54) is 0 Å². The van der Waals surface area contributed by atoms with E-state index < -0.39 is 0 Å². The van der Waals surface area contributed by atoms with Gasteiger partial charge in [0.25, 0.3) is 0 Å². The van der Waals surface area contributed by atoms with Crippen molar-refractivity contribution in [1.29, 1.82) is 0 Å². The molecule has 0 saturated carbocycles. The zero-order chi connectivity index (χ0) is 6.41. The molecule has 0 N–H and O–H groups in total. The molecule has 0 bridgehead atoms. The molecule has 8 heavy (non-hydrogen) atoms. The highest BCUT2D eigenvalue weighted by Crippen LogP contribution is 1.93. The summed E-state index contributed by atoms with van der Waals surface area (Å²) >= 11 is 0. The maximum Gasteiger partial charge on any atom is 0.0273 e. The first kappa shape index (κ1) is 7.15. The molecule has 0 aliphatic rings. The van der Waals surface area contributed by atoms with Crippen LogP contribution in [0, 0.1) is 0 Å². The van der Waals surface area contributed by atoms with Gasteiger partial charge in [0, 0.05) is 19.7 Å². The molecule has 1 heteroatoms. The Morgan fingerprint density at radius 2 is 2.38 bits per heavy atom. The van der Waals surface area contributed by atoms with Gasteiger partial charge in [0.15, 0.2) is 0 Å². The molecule has 0 fully saturated rings. The van der Waals surface area contributed by atoms with Gasteiger partial charge in [-0.1, -0.05) is 24.8 Å². The number of allylic oxidation sites excluding steroid dienone is 2. The van der Waals surface area contributed by atoms with Gasteiger partial charge in [-0.05, 0) is 0 Å². The Balaban J connectivity index is 3.39. The van der Waals surface area contributed by atoms with Gasteiger partial charge in [-0.2, -0.15) is 0 Å². The highest BCUT2D eigenvalue weighted by Gasteiger charge is 1.78. The molecule has 0 aromatic rings. The van der Waals surface area contributed by atoms with Gasteiger partial charge < -0.3 is 4.99 Å². The van der Waals surface area contributed by atoms with E-state index in [1.807, 2.05) is 6.21 Å². The first-order valence-corrected chi connectivity index (χ1v) is 2.52. The standard InChI is InChI=1S/C7H11N/c1-4-7(2)5-6-8-3/h4,6H,1-2,5H2,3H3. The van der Waals surface area contributed by atoms with E-state index in [2.05, 4.69) is 18.2 Å². The molecule has 0 amide bonds. The van der Waals surface area contributed by atoms with Gasteiger partial charge in [-0.15, -0.1) is 0 Å². The van der Waals surface area contributed by atoms with Crippen LogP contribution in [0.2, 0.25) is 0 Å². The minimum Gasteiger partial charge on any atom is -0.301 e. The molecule has 0 aromatic carbocycles. The van der Waals surface area contributed by atoms with Gasteiger partial charge in [-0.3, -0.25) is 0 Å². The molecule has 44 valence electrons. The minimum absolute atomic E-state index is 0.819. The van der Waals surface area contributed by atoms with Crippen LogP contribution in [-0.4, -0.2) is 13.3 Å². The average Bonchev–Trinajstić information content (AvgIpc) is 1.83. The van der Waals surface area contributed by atoms with E-state index in [-0.39, 0.29) is 0 Å². The van der Waals surface area contributed by atoms with Crippen LogP contribution in [0.25, 0.3) is 0 Å². The monoisotopic (exact) mass is 109 g/mol. The fourth-order valence-corrected chi connectivity index (χ4v) is 0.292. The second-order valence-electron chi connectivity index (χ2n) is 1.51. The molecular weight excluding hydrogens is 98.1 g/mol. The Hall–Kier alpha value is -0.850. The second-order valence-corrected chi connectivity index (χ2v) is 1.51. The lowest BCUT2D eigenvalue weighted by molar-refractivity contribution is 1.35. The van der Waals surface area contributed by atoms with Gasteiger partial charge in [-0.25, -0.2) is 0 Å². The summed E-state index contributed by atoms with van der Waals surface area (Å²) in [4.78, 5) is 3.79. The number of hydrogen-bond donors (Lipinski definition) is 0. The summed E-state index contributed by atoms with van der Waals surface area (Å²) in [6.45, 7) is 7.25. The Morgan fingerprint density at radius 1 is 1.75 bits per heavy atom. The van der Waals surface area contributed by atoms with Crippen LogP contribution in [0.5, 0.6) is 0 Å². The summed E-state index contributed by atoms with van der Waals surface area (Å²) in [6, 6.07) is 0. The van der Waals surface area contributed by atoms with Crippen LogP contribution >= 0.6 is 0 Å². The van der Waals surface area contributed by atoms with E-state index in [0.717, 1.165) is 12.0 Å². The summed E-state index contributed by atoms with van der Waals surface area (Å²) in [5.41, 5.74) is 1.01.